The van der Waals surface area contributed by atoms with Crippen molar-refractivity contribution in [2.24, 2.45) is 5.92 Å². The second-order valence-corrected chi connectivity index (χ2v) is 5.17. The molecule has 0 aromatic carbocycles. The Balaban J connectivity index is 2.30. The minimum Gasteiger partial charge on any atom is -0.481 e. The molecule has 1 saturated heterocycles. The molecule has 1 atom stereocenters. The van der Waals surface area contributed by atoms with Crippen LogP contribution in [0.5, 0.6) is 0 Å². The van der Waals surface area contributed by atoms with Gasteiger partial charge in [0.1, 0.15) is 0 Å². The summed E-state index contributed by atoms with van der Waals surface area (Å²) in [5, 5.41) is 8.66. The summed E-state index contributed by atoms with van der Waals surface area (Å²) in [6.45, 7) is 5.84. The highest BCUT2D eigenvalue weighted by Crippen LogP contribution is 2.21. The van der Waals surface area contributed by atoms with Crippen molar-refractivity contribution in [1.29, 1.82) is 0 Å². The second kappa shape index (κ2) is 7.81. The number of likely N-dealkylation sites (tertiary alicyclic amines) is 1. The van der Waals surface area contributed by atoms with Gasteiger partial charge in [0, 0.05) is 33.1 Å². The van der Waals surface area contributed by atoms with Crippen molar-refractivity contribution in [3.63, 3.8) is 0 Å². The number of carboxylic acid groups (broad SMARTS) is 1. The maximum atomic E-state index is 12.1. The number of unbranched alkanes of at least 4 members (excludes halogenated alkanes) is 1. The van der Waals surface area contributed by atoms with Crippen LogP contribution in [0.1, 0.15) is 32.1 Å². The number of carbonyl (C=O) groups is 2. The number of nitrogens with zero attached hydrogens (tertiary/aromatic N) is 2. The van der Waals surface area contributed by atoms with Gasteiger partial charge in [-0.3, -0.25) is 4.79 Å². The van der Waals surface area contributed by atoms with Crippen molar-refractivity contribution in [1.82, 2.24) is 9.80 Å². The number of hydrogen-bond acceptors (Lipinski definition) is 2. The fourth-order valence-electron chi connectivity index (χ4n) is 2.38. The molecular weight excluding hydrogens is 244 g/mol. The van der Waals surface area contributed by atoms with Gasteiger partial charge >= 0.3 is 12.0 Å². The van der Waals surface area contributed by atoms with E-state index in [4.69, 9.17) is 5.11 Å². The number of urea groups is 1. The first kappa shape index (κ1) is 15.5. The van der Waals surface area contributed by atoms with E-state index in [1.165, 1.54) is 0 Å². The molecule has 0 aromatic rings. The zero-order chi connectivity index (χ0) is 14.3. The summed E-state index contributed by atoms with van der Waals surface area (Å²) >= 11 is 0. The van der Waals surface area contributed by atoms with Crippen LogP contribution in [0.25, 0.3) is 0 Å². The summed E-state index contributed by atoms with van der Waals surface area (Å²) in [6.07, 6.45) is 5.48. The number of aliphatic carboxylic acids is 1. The van der Waals surface area contributed by atoms with Crippen molar-refractivity contribution in [2.75, 3.05) is 26.7 Å². The lowest BCUT2D eigenvalue weighted by Gasteiger charge is -2.24. The van der Waals surface area contributed by atoms with Gasteiger partial charge in [0.25, 0.3) is 0 Å². The summed E-state index contributed by atoms with van der Waals surface area (Å²) < 4.78 is 0. The van der Waals surface area contributed by atoms with E-state index >= 15 is 0 Å². The number of amides is 2. The third-order valence-corrected chi connectivity index (χ3v) is 3.55. The van der Waals surface area contributed by atoms with Crippen LogP contribution >= 0.6 is 0 Å². The monoisotopic (exact) mass is 268 g/mol. The quantitative estimate of drug-likeness (QED) is 0.568. The first-order valence-electron chi connectivity index (χ1n) is 6.87. The Kier molecular flexibility index (Phi) is 6.39. The van der Waals surface area contributed by atoms with Gasteiger partial charge in [0.2, 0.25) is 0 Å². The largest absolute Gasteiger partial charge is 0.481 e. The van der Waals surface area contributed by atoms with Gasteiger partial charge in [0.05, 0.1) is 0 Å². The van der Waals surface area contributed by atoms with Crippen molar-refractivity contribution in [2.45, 2.75) is 32.1 Å². The molecule has 0 bridgehead atoms. The van der Waals surface area contributed by atoms with E-state index in [9.17, 15) is 9.59 Å². The van der Waals surface area contributed by atoms with Crippen LogP contribution in [0, 0.1) is 5.92 Å². The smallest absolute Gasteiger partial charge is 0.319 e. The highest BCUT2D eigenvalue weighted by molar-refractivity contribution is 5.74. The molecule has 0 aromatic heterocycles. The maximum absolute atomic E-state index is 12.1. The Labute approximate surface area is 114 Å². The van der Waals surface area contributed by atoms with E-state index in [1.807, 2.05) is 18.0 Å². The predicted octanol–water partition coefficient (Wildman–Crippen LogP) is 2.19. The van der Waals surface area contributed by atoms with Gasteiger partial charge < -0.3 is 14.9 Å². The molecule has 2 amide bonds. The van der Waals surface area contributed by atoms with E-state index in [-0.39, 0.29) is 12.5 Å². The van der Waals surface area contributed by atoms with Crippen molar-refractivity contribution in [3.05, 3.63) is 12.7 Å². The molecule has 1 fully saturated rings. The summed E-state index contributed by atoms with van der Waals surface area (Å²) in [5.41, 5.74) is 0. The Morgan fingerprint density at radius 1 is 1.53 bits per heavy atom. The van der Waals surface area contributed by atoms with Gasteiger partial charge in [-0.05, 0) is 31.6 Å². The molecule has 0 spiro atoms. The molecular formula is C14H24N2O3. The molecule has 1 aliphatic rings. The zero-order valence-electron chi connectivity index (χ0n) is 11.7. The molecule has 5 nitrogen and oxygen atoms in total. The van der Waals surface area contributed by atoms with Gasteiger partial charge in [-0.2, -0.15) is 0 Å². The van der Waals surface area contributed by atoms with Crippen LogP contribution in [-0.2, 0) is 4.79 Å². The Morgan fingerprint density at radius 3 is 2.89 bits per heavy atom. The van der Waals surface area contributed by atoms with Crippen molar-refractivity contribution in [3.8, 4) is 0 Å². The fraction of sp³-hybridized carbons (Fsp3) is 0.714. The van der Waals surface area contributed by atoms with Crippen molar-refractivity contribution < 1.29 is 14.7 Å². The number of rotatable bonds is 7. The topological polar surface area (TPSA) is 60.9 Å². The lowest BCUT2D eigenvalue weighted by Crippen LogP contribution is -2.40. The Morgan fingerprint density at radius 2 is 2.26 bits per heavy atom. The first-order valence-corrected chi connectivity index (χ1v) is 6.87. The molecule has 1 unspecified atom stereocenters. The maximum Gasteiger partial charge on any atom is 0.319 e. The molecule has 0 saturated carbocycles. The molecule has 1 aliphatic heterocycles. The molecule has 19 heavy (non-hydrogen) atoms. The van der Waals surface area contributed by atoms with E-state index in [1.54, 1.807) is 4.90 Å². The minimum atomic E-state index is -0.758. The number of allylic oxidation sites excluding steroid dienone is 1. The SMILES string of the molecule is C=CCCCN(C)C(=O)N1CCC(CCC(=O)O)C1. The molecule has 0 radical (unpaired) electrons. The lowest BCUT2D eigenvalue weighted by atomic mass is 10.0. The van der Waals surface area contributed by atoms with Gasteiger partial charge in [0.15, 0.2) is 0 Å². The summed E-state index contributed by atoms with van der Waals surface area (Å²) in [7, 11) is 1.82. The fourth-order valence-corrected chi connectivity index (χ4v) is 2.38. The van der Waals surface area contributed by atoms with E-state index in [2.05, 4.69) is 6.58 Å². The van der Waals surface area contributed by atoms with Gasteiger partial charge in [-0.15, -0.1) is 6.58 Å². The molecule has 108 valence electrons. The van der Waals surface area contributed by atoms with Crippen LogP contribution in [0.2, 0.25) is 0 Å². The predicted molar refractivity (Wildman–Crippen MR) is 74.0 cm³/mol. The normalized spacial score (nSPS) is 18.4. The third-order valence-electron chi connectivity index (χ3n) is 3.55. The second-order valence-electron chi connectivity index (χ2n) is 5.17. The third kappa shape index (κ3) is 5.32. The number of carbonyl (C=O) groups excluding carboxylic acids is 1. The van der Waals surface area contributed by atoms with Gasteiger partial charge in [-0.25, -0.2) is 4.79 Å². The molecule has 0 aliphatic carbocycles. The van der Waals surface area contributed by atoms with E-state index < -0.39 is 5.97 Å². The summed E-state index contributed by atoms with van der Waals surface area (Å²) in [5.74, 6) is -0.423. The van der Waals surface area contributed by atoms with E-state index in [0.717, 1.165) is 32.4 Å². The minimum absolute atomic E-state index is 0.0573. The lowest BCUT2D eigenvalue weighted by molar-refractivity contribution is -0.137. The van der Waals surface area contributed by atoms with Crippen LogP contribution in [0.3, 0.4) is 0 Å². The standard InChI is InChI=1S/C14H24N2O3/c1-3-4-5-9-15(2)14(19)16-10-8-12(11-16)6-7-13(17)18/h3,12H,1,4-11H2,2H3,(H,17,18). The van der Waals surface area contributed by atoms with Crippen LogP contribution in [-0.4, -0.2) is 53.6 Å². The first-order chi connectivity index (χ1) is 9.04. The highest BCUT2D eigenvalue weighted by atomic mass is 16.4. The summed E-state index contributed by atoms with van der Waals surface area (Å²) in [6, 6.07) is 0.0573. The zero-order valence-corrected chi connectivity index (χ0v) is 11.7. The average Bonchev–Trinajstić information content (AvgIpc) is 2.84. The van der Waals surface area contributed by atoms with Crippen molar-refractivity contribution >= 4 is 12.0 Å². The van der Waals surface area contributed by atoms with E-state index in [0.29, 0.717) is 18.9 Å². The molecule has 1 heterocycles. The van der Waals surface area contributed by atoms with Crippen LogP contribution in [0.4, 0.5) is 4.79 Å². The molecule has 1 N–H and O–H groups in total. The van der Waals surface area contributed by atoms with Crippen LogP contribution in [0.15, 0.2) is 12.7 Å². The van der Waals surface area contributed by atoms with Crippen LogP contribution < -0.4 is 0 Å². The highest BCUT2D eigenvalue weighted by Gasteiger charge is 2.27. The average molecular weight is 268 g/mol. The van der Waals surface area contributed by atoms with Gasteiger partial charge in [-0.1, -0.05) is 6.08 Å². The number of carboxylic acids is 1. The summed E-state index contributed by atoms with van der Waals surface area (Å²) in [4.78, 5) is 26.2. The molecule has 5 heteroatoms. The molecule has 1 rings (SSSR count). The Hall–Kier alpha value is -1.52. The Bertz CT molecular complexity index is 331. The number of hydrogen-bond donors (Lipinski definition) is 1.